The van der Waals surface area contributed by atoms with Crippen LogP contribution < -0.4 is 0 Å². The van der Waals surface area contributed by atoms with Crippen LogP contribution in [0.1, 0.15) is 0 Å². The van der Waals surface area contributed by atoms with Crippen molar-refractivity contribution in [2.45, 2.75) is 0 Å². The summed E-state index contributed by atoms with van der Waals surface area (Å²) in [5.41, 5.74) is 0. The number of rotatable bonds is 0. The molecule has 0 aromatic carbocycles. The Morgan fingerprint density at radius 2 is 0.381 bits per heavy atom. The van der Waals surface area contributed by atoms with Gasteiger partial charge in [0.2, 0.25) is 0 Å². The maximum absolute atomic E-state index is 8.88. The molecule has 0 saturated carbocycles. The third kappa shape index (κ3) is 190. The van der Waals surface area contributed by atoms with Crippen molar-refractivity contribution in [1.82, 2.24) is 0 Å². The summed E-state index contributed by atoms with van der Waals surface area (Å²) in [6.45, 7) is 0. The predicted octanol–water partition coefficient (Wildman–Crippen LogP) is -11.8. The van der Waals surface area contributed by atoms with Gasteiger partial charge in [0.15, 0.2) is 0 Å². The van der Waals surface area contributed by atoms with Gasteiger partial charge in [-0.05, 0) is 0 Å². The van der Waals surface area contributed by atoms with Crippen molar-refractivity contribution in [3.8, 4) is 0 Å². The number of hydrogen-bond acceptors (Lipinski definition) is 2. The van der Waals surface area contributed by atoms with Crippen LogP contribution in [0.5, 0.6) is 0 Å². The van der Waals surface area contributed by atoms with Crippen molar-refractivity contribution in [2.75, 3.05) is 0 Å². The van der Waals surface area contributed by atoms with Crippen LogP contribution >= 0.6 is 15.6 Å². The molecule has 0 bridgehead atoms. The summed E-state index contributed by atoms with van der Waals surface area (Å²) in [6, 6.07) is 0. The van der Waals surface area contributed by atoms with E-state index in [9.17, 15) is 0 Å². The third-order valence-corrected chi connectivity index (χ3v) is 0. The first-order valence-electron chi connectivity index (χ1n) is 1.57. The normalized spacial score (nSPS) is 5.62. The first-order chi connectivity index (χ1) is 4.00. The monoisotopic (exact) mass is 634 g/mol. The Labute approximate surface area is 422 Å². The fraction of sp³-hybridized carbons (Fsp3) is 0. The average Bonchev–Trinajstić information content (AvgIpc) is 1.12. The summed E-state index contributed by atoms with van der Waals surface area (Å²) < 4.78 is 17.8. The molecule has 0 saturated heterocycles. The molecule has 8 N–H and O–H groups in total. The second-order valence-corrected chi connectivity index (χ2v) is 3.08. The molecule has 0 aliphatic rings. The molecule has 0 rings (SSSR count). The topological polar surface area (TPSA) is 187 Å². The van der Waals surface area contributed by atoms with Crippen LogP contribution in [0.2, 0.25) is 0 Å². The van der Waals surface area contributed by atoms with Gasteiger partial charge in [-0.25, -0.2) is 9.13 Å². The fourth-order valence-electron chi connectivity index (χ4n) is 0. The molecule has 0 heterocycles. The summed E-state index contributed by atoms with van der Waals surface area (Å²) in [5, 5.41) is 0. The number of phosphoric acid groups is 2. The van der Waals surface area contributed by atoms with Crippen LogP contribution in [0.3, 0.4) is 0 Å². The Balaban J connectivity index is -0.00000000364. The molecule has 0 unspecified atom stereocenters. The molecule has 0 aromatic rings. The van der Waals surface area contributed by atoms with Crippen LogP contribution in [0.15, 0.2) is 0 Å². The van der Waals surface area contributed by atoms with Gasteiger partial charge in [0.25, 0.3) is 0 Å². The SMILES string of the molecule is O.O=P(O)(O)O.O=P(O)(O)O.[CaH2].[CaH2].[CaH2].[CaH2].[CaH2].[CaH2].[CaH2].[CaH2].[CaH2].[CaH2]. The van der Waals surface area contributed by atoms with Gasteiger partial charge in [-0.1, -0.05) is 0 Å². The van der Waals surface area contributed by atoms with E-state index in [1.54, 1.807) is 0 Å². The summed E-state index contributed by atoms with van der Waals surface area (Å²) >= 11 is 0. The zero-order chi connectivity index (χ0) is 9.00. The average molecular weight is 635 g/mol. The Kier molecular flexibility index (Phi) is 216. The van der Waals surface area contributed by atoms with Crippen molar-refractivity contribution in [3.05, 3.63) is 0 Å². The quantitative estimate of drug-likeness (QED) is 0.112. The molecular formula is H28Ca10O9P2. The molecule has 112 valence electrons. The van der Waals surface area contributed by atoms with Gasteiger partial charge in [0, 0.05) is 0 Å². The molecule has 21 heteroatoms. The molecule has 21 heavy (non-hydrogen) atoms. The standard InChI is InChI=1S/10Ca.2H3O4P.H2O.20H/c;;;;;;;;;;2*1-5(2,3)4;;;;;;;;;;;;;;;;;;;;;/h;;;;;;;;;;2*(H3,1,2,3,4);1H2;;;;;;;;;;;;;;;;;;;;. The van der Waals surface area contributed by atoms with E-state index in [1.165, 1.54) is 0 Å². The summed E-state index contributed by atoms with van der Waals surface area (Å²) in [4.78, 5) is 43.1. The van der Waals surface area contributed by atoms with Gasteiger partial charge >= 0.3 is 393 Å². The Morgan fingerprint density at radius 3 is 0.381 bits per heavy atom. The molecule has 0 fully saturated rings. The molecule has 0 atom stereocenters. The van der Waals surface area contributed by atoms with Gasteiger partial charge in [-0.3, -0.25) is 0 Å². The minimum absolute atomic E-state index is 0. The van der Waals surface area contributed by atoms with Crippen molar-refractivity contribution >= 4 is 393 Å². The summed E-state index contributed by atoms with van der Waals surface area (Å²) in [6.07, 6.45) is 0. The van der Waals surface area contributed by atoms with Gasteiger partial charge in [0.1, 0.15) is 0 Å². The Hall–Kier alpha value is 12.8. The van der Waals surface area contributed by atoms with Crippen molar-refractivity contribution in [3.63, 3.8) is 0 Å². The van der Waals surface area contributed by atoms with Crippen molar-refractivity contribution < 1.29 is 44.0 Å². The molecule has 0 amide bonds. The van der Waals surface area contributed by atoms with Crippen LogP contribution in [-0.4, -0.2) is 412 Å². The summed E-state index contributed by atoms with van der Waals surface area (Å²) in [7, 11) is -9.28. The Bertz CT molecular complexity index is 141. The minimum atomic E-state index is -4.64. The van der Waals surface area contributed by atoms with E-state index >= 15 is 0 Å². The van der Waals surface area contributed by atoms with E-state index in [0.717, 1.165) is 0 Å². The van der Waals surface area contributed by atoms with Crippen LogP contribution in [-0.2, 0) is 9.13 Å². The van der Waals surface area contributed by atoms with Gasteiger partial charge < -0.3 is 34.8 Å². The second kappa shape index (κ2) is 53.9. The van der Waals surface area contributed by atoms with E-state index in [2.05, 4.69) is 0 Å². The van der Waals surface area contributed by atoms with E-state index in [4.69, 9.17) is 38.5 Å². The maximum atomic E-state index is 8.88. The van der Waals surface area contributed by atoms with Gasteiger partial charge in [-0.2, -0.15) is 0 Å². The zero-order valence-electron chi connectivity index (χ0n) is 4.89. The third-order valence-electron chi connectivity index (χ3n) is 0. The molecule has 0 aliphatic carbocycles. The first kappa shape index (κ1) is 84.1. The van der Waals surface area contributed by atoms with Crippen LogP contribution in [0.25, 0.3) is 0 Å². The van der Waals surface area contributed by atoms with E-state index in [0.29, 0.717) is 0 Å². The number of hydrogen-bond donors (Lipinski definition) is 6. The van der Waals surface area contributed by atoms with E-state index in [-0.39, 0.29) is 383 Å². The van der Waals surface area contributed by atoms with Crippen molar-refractivity contribution in [2.24, 2.45) is 0 Å². The predicted molar refractivity (Wildman–Crippen MR) is 118 cm³/mol. The molecule has 0 radical (unpaired) electrons. The van der Waals surface area contributed by atoms with Gasteiger partial charge in [-0.15, -0.1) is 0 Å². The molecule has 9 nitrogen and oxygen atoms in total. The molecule has 0 spiro atoms. The Morgan fingerprint density at radius 1 is 0.381 bits per heavy atom. The molecule has 0 aromatic heterocycles. The second-order valence-electron chi connectivity index (χ2n) is 1.03. The first-order valence-corrected chi connectivity index (χ1v) is 4.70. The van der Waals surface area contributed by atoms with Gasteiger partial charge in [0.05, 0.1) is 0 Å². The fourth-order valence-corrected chi connectivity index (χ4v) is 0. The van der Waals surface area contributed by atoms with E-state index < -0.39 is 15.6 Å². The van der Waals surface area contributed by atoms with Crippen molar-refractivity contribution in [1.29, 1.82) is 0 Å². The molecular weight excluding hydrogens is 607 g/mol. The summed E-state index contributed by atoms with van der Waals surface area (Å²) in [5.74, 6) is 0. The van der Waals surface area contributed by atoms with Crippen LogP contribution in [0, 0.1) is 0 Å². The molecule has 0 aliphatic heterocycles. The van der Waals surface area contributed by atoms with E-state index in [1.807, 2.05) is 0 Å². The zero-order valence-corrected chi connectivity index (χ0v) is 6.68. The van der Waals surface area contributed by atoms with Crippen LogP contribution in [0.4, 0.5) is 0 Å².